The van der Waals surface area contributed by atoms with Gasteiger partial charge in [0.15, 0.2) is 0 Å². The Bertz CT molecular complexity index is 611. The van der Waals surface area contributed by atoms with Crippen molar-refractivity contribution in [1.29, 1.82) is 0 Å². The summed E-state index contributed by atoms with van der Waals surface area (Å²) in [6.07, 6.45) is 0. The second-order valence-electron chi connectivity index (χ2n) is 5.01. The van der Waals surface area contributed by atoms with Crippen molar-refractivity contribution in [1.82, 2.24) is 4.90 Å². The monoisotopic (exact) mass is 284 g/mol. The third-order valence-electron chi connectivity index (χ3n) is 3.39. The molecule has 0 unspecified atom stereocenters. The molecule has 0 aliphatic heterocycles. The minimum atomic E-state index is -0.101. The number of aryl methyl sites for hydroxylation is 1. The summed E-state index contributed by atoms with van der Waals surface area (Å²) in [7, 11) is 0. The SMILES string of the molecule is Cc1cc(C(=O)N(CCO)Cc2ccccc2)ccc1N. The standard InChI is InChI=1S/C17H20N2O2/c1-13-11-15(7-8-16(13)18)17(21)19(9-10-20)12-14-5-3-2-4-6-14/h2-8,11,20H,9-10,12,18H2,1H3. The van der Waals surface area contributed by atoms with Crippen LogP contribution in [0.1, 0.15) is 21.5 Å². The molecule has 0 spiro atoms. The molecule has 0 aromatic heterocycles. The van der Waals surface area contributed by atoms with E-state index in [9.17, 15) is 9.90 Å². The van der Waals surface area contributed by atoms with Crippen LogP contribution in [0.3, 0.4) is 0 Å². The zero-order valence-corrected chi connectivity index (χ0v) is 12.1. The first kappa shape index (κ1) is 15.1. The fourth-order valence-electron chi connectivity index (χ4n) is 2.17. The first-order valence-corrected chi connectivity index (χ1v) is 6.92. The molecule has 0 heterocycles. The number of hydrogen-bond acceptors (Lipinski definition) is 3. The van der Waals surface area contributed by atoms with Crippen LogP contribution >= 0.6 is 0 Å². The fourth-order valence-corrected chi connectivity index (χ4v) is 2.17. The smallest absolute Gasteiger partial charge is 0.254 e. The van der Waals surface area contributed by atoms with Gasteiger partial charge in [-0.2, -0.15) is 0 Å². The number of nitrogens with zero attached hydrogens (tertiary/aromatic N) is 1. The van der Waals surface area contributed by atoms with E-state index in [0.717, 1.165) is 11.1 Å². The lowest BCUT2D eigenvalue weighted by Crippen LogP contribution is -2.33. The summed E-state index contributed by atoms with van der Waals surface area (Å²) in [5.74, 6) is -0.101. The van der Waals surface area contributed by atoms with Crippen LogP contribution in [-0.2, 0) is 6.54 Å². The highest BCUT2D eigenvalue weighted by atomic mass is 16.3. The Morgan fingerprint density at radius 3 is 2.52 bits per heavy atom. The van der Waals surface area contributed by atoms with Crippen molar-refractivity contribution in [3.8, 4) is 0 Å². The number of aliphatic hydroxyl groups excluding tert-OH is 1. The number of amides is 1. The summed E-state index contributed by atoms with van der Waals surface area (Å²) in [4.78, 5) is 14.2. The highest BCUT2D eigenvalue weighted by molar-refractivity contribution is 5.94. The molecule has 2 aromatic rings. The molecule has 0 atom stereocenters. The van der Waals surface area contributed by atoms with E-state index in [0.29, 0.717) is 24.3 Å². The Morgan fingerprint density at radius 1 is 1.19 bits per heavy atom. The molecule has 0 saturated carbocycles. The molecule has 2 aromatic carbocycles. The maximum atomic E-state index is 12.6. The largest absolute Gasteiger partial charge is 0.399 e. The lowest BCUT2D eigenvalue weighted by Gasteiger charge is -2.22. The fraction of sp³-hybridized carbons (Fsp3) is 0.235. The second-order valence-corrected chi connectivity index (χ2v) is 5.01. The first-order chi connectivity index (χ1) is 10.1. The van der Waals surface area contributed by atoms with Crippen molar-refractivity contribution in [3.05, 3.63) is 65.2 Å². The average molecular weight is 284 g/mol. The minimum absolute atomic E-state index is 0.0630. The third-order valence-corrected chi connectivity index (χ3v) is 3.39. The van der Waals surface area contributed by atoms with E-state index in [2.05, 4.69) is 0 Å². The van der Waals surface area contributed by atoms with Crippen molar-refractivity contribution in [2.24, 2.45) is 0 Å². The number of rotatable bonds is 5. The molecule has 0 aliphatic rings. The quantitative estimate of drug-likeness (QED) is 0.827. The average Bonchev–Trinajstić information content (AvgIpc) is 2.50. The molecule has 0 aliphatic carbocycles. The molecule has 3 N–H and O–H groups in total. The van der Waals surface area contributed by atoms with E-state index in [1.54, 1.807) is 23.1 Å². The van der Waals surface area contributed by atoms with Gasteiger partial charge in [0.1, 0.15) is 0 Å². The Hall–Kier alpha value is -2.33. The van der Waals surface area contributed by atoms with Gasteiger partial charge < -0.3 is 15.7 Å². The molecule has 0 saturated heterocycles. The predicted octanol–water partition coefficient (Wildman–Crippen LogP) is 2.21. The molecule has 4 heteroatoms. The Balaban J connectivity index is 2.20. The molecule has 2 rings (SSSR count). The van der Waals surface area contributed by atoms with Gasteiger partial charge in [0.2, 0.25) is 0 Å². The summed E-state index contributed by atoms with van der Waals surface area (Å²) in [5, 5.41) is 9.20. The van der Waals surface area contributed by atoms with Gasteiger partial charge in [0.25, 0.3) is 5.91 Å². The van der Waals surface area contributed by atoms with E-state index in [4.69, 9.17) is 5.73 Å². The first-order valence-electron chi connectivity index (χ1n) is 6.92. The van der Waals surface area contributed by atoms with Gasteiger partial charge in [-0.05, 0) is 36.2 Å². The van der Waals surface area contributed by atoms with Crippen LogP contribution in [0.2, 0.25) is 0 Å². The van der Waals surface area contributed by atoms with Crippen LogP contribution in [0.25, 0.3) is 0 Å². The van der Waals surface area contributed by atoms with E-state index < -0.39 is 0 Å². The van der Waals surface area contributed by atoms with Crippen LogP contribution in [0.15, 0.2) is 48.5 Å². The van der Waals surface area contributed by atoms with E-state index in [-0.39, 0.29) is 12.5 Å². The summed E-state index contributed by atoms with van der Waals surface area (Å²) in [6.45, 7) is 2.59. The van der Waals surface area contributed by atoms with E-state index in [1.165, 1.54) is 0 Å². The minimum Gasteiger partial charge on any atom is -0.399 e. The molecule has 0 fully saturated rings. The van der Waals surface area contributed by atoms with E-state index in [1.807, 2.05) is 37.3 Å². The van der Waals surface area contributed by atoms with Crippen LogP contribution in [0, 0.1) is 6.92 Å². The van der Waals surface area contributed by atoms with Gasteiger partial charge in [-0.1, -0.05) is 30.3 Å². The number of anilines is 1. The molecule has 1 amide bonds. The number of hydrogen-bond donors (Lipinski definition) is 2. The Labute approximate surface area is 124 Å². The summed E-state index contributed by atoms with van der Waals surface area (Å²) < 4.78 is 0. The Kier molecular flexibility index (Phi) is 4.95. The van der Waals surface area contributed by atoms with E-state index >= 15 is 0 Å². The normalized spacial score (nSPS) is 10.4. The third kappa shape index (κ3) is 3.83. The zero-order chi connectivity index (χ0) is 15.2. The van der Waals surface area contributed by atoms with Crippen LogP contribution in [0.4, 0.5) is 5.69 Å². The van der Waals surface area contributed by atoms with Crippen molar-refractivity contribution in [2.75, 3.05) is 18.9 Å². The van der Waals surface area contributed by atoms with Crippen molar-refractivity contribution >= 4 is 11.6 Å². The van der Waals surface area contributed by atoms with Gasteiger partial charge in [0.05, 0.1) is 6.61 Å². The van der Waals surface area contributed by atoms with Gasteiger partial charge in [-0.3, -0.25) is 4.79 Å². The molecule has 4 nitrogen and oxygen atoms in total. The molecule has 0 radical (unpaired) electrons. The topological polar surface area (TPSA) is 66.6 Å². The summed E-state index contributed by atoms with van der Waals surface area (Å²) in [6, 6.07) is 15.0. The lowest BCUT2D eigenvalue weighted by atomic mass is 10.1. The summed E-state index contributed by atoms with van der Waals surface area (Å²) in [5.41, 5.74) is 8.95. The zero-order valence-electron chi connectivity index (χ0n) is 12.1. The number of nitrogens with two attached hydrogens (primary N) is 1. The molecule has 21 heavy (non-hydrogen) atoms. The van der Waals surface area contributed by atoms with Gasteiger partial charge in [0, 0.05) is 24.3 Å². The lowest BCUT2D eigenvalue weighted by molar-refractivity contribution is 0.0708. The number of benzene rings is 2. The van der Waals surface area contributed by atoms with Crippen molar-refractivity contribution in [3.63, 3.8) is 0 Å². The molecule has 0 bridgehead atoms. The highest BCUT2D eigenvalue weighted by Crippen LogP contribution is 2.15. The van der Waals surface area contributed by atoms with Crippen molar-refractivity contribution < 1.29 is 9.90 Å². The van der Waals surface area contributed by atoms with Gasteiger partial charge in [-0.15, -0.1) is 0 Å². The Morgan fingerprint density at radius 2 is 1.90 bits per heavy atom. The maximum absolute atomic E-state index is 12.6. The van der Waals surface area contributed by atoms with Gasteiger partial charge in [-0.25, -0.2) is 0 Å². The molecular weight excluding hydrogens is 264 g/mol. The van der Waals surface area contributed by atoms with Crippen LogP contribution in [-0.4, -0.2) is 29.1 Å². The number of nitrogen functional groups attached to an aromatic ring is 1. The molecule has 110 valence electrons. The van der Waals surface area contributed by atoms with Gasteiger partial charge >= 0.3 is 0 Å². The maximum Gasteiger partial charge on any atom is 0.254 e. The number of carbonyl (C=O) groups is 1. The van der Waals surface area contributed by atoms with Crippen molar-refractivity contribution in [2.45, 2.75) is 13.5 Å². The number of aliphatic hydroxyl groups is 1. The molecular formula is C17H20N2O2. The predicted molar refractivity (Wildman–Crippen MR) is 83.9 cm³/mol. The second kappa shape index (κ2) is 6.90. The summed E-state index contributed by atoms with van der Waals surface area (Å²) >= 11 is 0. The number of carbonyl (C=O) groups excluding carboxylic acids is 1. The highest BCUT2D eigenvalue weighted by Gasteiger charge is 2.16. The van der Waals surface area contributed by atoms with Crippen LogP contribution < -0.4 is 5.73 Å². The van der Waals surface area contributed by atoms with Crippen LogP contribution in [0.5, 0.6) is 0 Å².